The molecule has 0 aliphatic heterocycles. The first kappa shape index (κ1) is 25.8. The summed E-state index contributed by atoms with van der Waals surface area (Å²) in [6, 6.07) is 0.732. The van der Waals surface area contributed by atoms with Gasteiger partial charge in [0, 0.05) is 49.5 Å². The molecule has 2 atom stereocenters. The van der Waals surface area contributed by atoms with Gasteiger partial charge in [0.2, 0.25) is 11.8 Å². The molecule has 12 heteroatoms. The van der Waals surface area contributed by atoms with Gasteiger partial charge in [0.15, 0.2) is 0 Å². The Morgan fingerprint density at radius 2 is 1.71 bits per heavy atom. The first-order chi connectivity index (χ1) is 16.1. The molecule has 2 amide bonds. The number of nitrogens with zero attached hydrogens (tertiary/aromatic N) is 3. The maximum absolute atomic E-state index is 13.9. The minimum atomic E-state index is -2.81. The first-order valence-corrected chi connectivity index (χ1v) is 11.0. The number of carbonyl (C=O) groups is 2. The second kappa shape index (κ2) is 11.1. The first-order valence-electron chi connectivity index (χ1n) is 10.5. The van der Waals surface area contributed by atoms with Crippen LogP contribution < -0.4 is 5.32 Å². The van der Waals surface area contributed by atoms with Crippen LogP contribution in [0.4, 0.5) is 22.0 Å². The fraction of sp³-hybridized carbons (Fsp3) is 0.455. The Bertz CT molecular complexity index is 982. The van der Waals surface area contributed by atoms with Gasteiger partial charge in [-0.1, -0.05) is 11.6 Å². The molecule has 1 aromatic heterocycles. The van der Waals surface area contributed by atoms with Gasteiger partial charge in [-0.3, -0.25) is 9.59 Å². The maximum atomic E-state index is 13.9. The molecule has 1 N–H and O–H groups in total. The molecule has 184 valence electrons. The Labute approximate surface area is 197 Å². The van der Waals surface area contributed by atoms with Crippen LogP contribution in [0.2, 0.25) is 0 Å². The van der Waals surface area contributed by atoms with Crippen LogP contribution in [-0.4, -0.2) is 50.8 Å². The van der Waals surface area contributed by atoms with Crippen molar-refractivity contribution in [3.63, 3.8) is 0 Å². The van der Waals surface area contributed by atoms with Crippen molar-refractivity contribution < 1.29 is 31.5 Å². The van der Waals surface area contributed by atoms with Gasteiger partial charge in [-0.25, -0.2) is 31.9 Å². The summed E-state index contributed by atoms with van der Waals surface area (Å²) >= 11 is 5.39. The van der Waals surface area contributed by atoms with Crippen molar-refractivity contribution in [2.24, 2.45) is 0 Å². The van der Waals surface area contributed by atoms with Crippen LogP contribution in [0.15, 0.2) is 36.9 Å². The standard InChI is InChI=1S/C22H22ClF5N4O2/c23-19(26)21(34)32(6-3-13-7-15(24)9-16(25)8-13)18(14-10-29-12-30-11-14)20(33)31-17-1-4-22(27,28)5-2-17/h7-12,17-19H,1-6H2,(H,31,33)/t18-,19+/m1/s1. The van der Waals surface area contributed by atoms with Crippen molar-refractivity contribution in [1.29, 1.82) is 0 Å². The van der Waals surface area contributed by atoms with Crippen LogP contribution in [0.5, 0.6) is 0 Å². The highest BCUT2D eigenvalue weighted by molar-refractivity contribution is 6.29. The summed E-state index contributed by atoms with van der Waals surface area (Å²) in [6.07, 6.45) is 2.78. The molecule has 6 nitrogen and oxygen atoms in total. The van der Waals surface area contributed by atoms with Gasteiger partial charge in [-0.05, 0) is 37.0 Å². The molecule has 1 saturated carbocycles. The van der Waals surface area contributed by atoms with Crippen molar-refractivity contribution in [3.05, 3.63) is 59.7 Å². The van der Waals surface area contributed by atoms with Crippen LogP contribution >= 0.6 is 11.6 Å². The highest BCUT2D eigenvalue weighted by Crippen LogP contribution is 2.33. The van der Waals surface area contributed by atoms with E-state index in [0.717, 1.165) is 17.0 Å². The van der Waals surface area contributed by atoms with Gasteiger partial charge in [0.1, 0.15) is 24.0 Å². The predicted molar refractivity (Wildman–Crippen MR) is 113 cm³/mol. The van der Waals surface area contributed by atoms with Gasteiger partial charge in [-0.2, -0.15) is 0 Å². The third-order valence-electron chi connectivity index (χ3n) is 5.55. The van der Waals surface area contributed by atoms with Gasteiger partial charge in [0.25, 0.3) is 11.5 Å². The summed E-state index contributed by atoms with van der Waals surface area (Å²) in [7, 11) is 0. The van der Waals surface area contributed by atoms with Crippen molar-refractivity contribution in [2.45, 2.75) is 55.7 Å². The molecule has 1 aliphatic rings. The number of hydrogen-bond donors (Lipinski definition) is 1. The molecule has 0 radical (unpaired) electrons. The van der Waals surface area contributed by atoms with E-state index in [1.807, 2.05) is 0 Å². The lowest BCUT2D eigenvalue weighted by atomic mass is 9.92. The number of carbonyl (C=O) groups excluding carboxylic acids is 2. The Morgan fingerprint density at radius 1 is 1.12 bits per heavy atom. The molecular formula is C22H22ClF5N4O2. The Kier molecular flexibility index (Phi) is 8.40. The van der Waals surface area contributed by atoms with Crippen molar-refractivity contribution in [1.82, 2.24) is 20.2 Å². The lowest BCUT2D eigenvalue weighted by molar-refractivity contribution is -0.143. The number of benzene rings is 1. The molecular weight excluding hydrogens is 483 g/mol. The second-order valence-electron chi connectivity index (χ2n) is 8.07. The van der Waals surface area contributed by atoms with Gasteiger partial charge in [-0.15, -0.1) is 0 Å². The summed E-state index contributed by atoms with van der Waals surface area (Å²) in [5.41, 5.74) is -2.21. The fourth-order valence-corrected chi connectivity index (χ4v) is 4.01. The minimum Gasteiger partial charge on any atom is -0.351 e. The Morgan fingerprint density at radius 3 is 2.26 bits per heavy atom. The second-order valence-corrected chi connectivity index (χ2v) is 8.46. The van der Waals surface area contributed by atoms with E-state index in [9.17, 15) is 31.5 Å². The van der Waals surface area contributed by atoms with Crippen LogP contribution in [-0.2, 0) is 16.0 Å². The SMILES string of the molecule is O=C(NC1CCC(F)(F)CC1)[C@@H](c1cncnc1)N(CCc1cc(F)cc(F)c1)C(=O)[C@H](F)Cl. The van der Waals surface area contributed by atoms with E-state index in [-0.39, 0.29) is 36.9 Å². The van der Waals surface area contributed by atoms with E-state index < -0.39 is 59.9 Å². The molecule has 3 rings (SSSR count). The summed E-state index contributed by atoms with van der Waals surface area (Å²) in [6.45, 7) is -0.329. The number of nitrogens with one attached hydrogen (secondary N) is 1. The van der Waals surface area contributed by atoms with E-state index in [1.54, 1.807) is 0 Å². The molecule has 0 spiro atoms. The predicted octanol–water partition coefficient (Wildman–Crippen LogP) is 4.10. The Balaban J connectivity index is 1.87. The molecule has 1 aromatic carbocycles. The number of amides is 2. The number of aromatic nitrogens is 2. The zero-order valence-corrected chi connectivity index (χ0v) is 18.6. The molecule has 34 heavy (non-hydrogen) atoms. The van der Waals surface area contributed by atoms with Crippen molar-refractivity contribution in [3.8, 4) is 0 Å². The molecule has 1 fully saturated rings. The molecule has 2 aromatic rings. The molecule has 0 saturated heterocycles. The van der Waals surface area contributed by atoms with Crippen molar-refractivity contribution >= 4 is 23.4 Å². The molecule has 0 unspecified atom stereocenters. The quantitative estimate of drug-likeness (QED) is 0.434. The Hall–Kier alpha value is -2.82. The highest BCUT2D eigenvalue weighted by atomic mass is 35.5. The summed E-state index contributed by atoms with van der Waals surface area (Å²) in [5.74, 6) is -6.50. The van der Waals surface area contributed by atoms with E-state index >= 15 is 0 Å². The fourth-order valence-electron chi connectivity index (χ4n) is 3.89. The van der Waals surface area contributed by atoms with Crippen LogP contribution in [0.25, 0.3) is 0 Å². The van der Waals surface area contributed by atoms with Crippen LogP contribution in [0, 0.1) is 11.6 Å². The average molecular weight is 505 g/mol. The van der Waals surface area contributed by atoms with E-state index in [2.05, 4.69) is 15.3 Å². The van der Waals surface area contributed by atoms with Crippen LogP contribution in [0.1, 0.15) is 42.9 Å². The van der Waals surface area contributed by atoms with E-state index in [4.69, 9.17) is 11.6 Å². The minimum absolute atomic E-state index is 0.0223. The lowest BCUT2D eigenvalue weighted by Crippen LogP contribution is -2.49. The van der Waals surface area contributed by atoms with Gasteiger partial charge >= 0.3 is 0 Å². The van der Waals surface area contributed by atoms with Gasteiger partial charge < -0.3 is 10.2 Å². The molecule has 1 aliphatic carbocycles. The monoisotopic (exact) mass is 504 g/mol. The highest BCUT2D eigenvalue weighted by Gasteiger charge is 2.39. The van der Waals surface area contributed by atoms with Crippen LogP contribution in [0.3, 0.4) is 0 Å². The summed E-state index contributed by atoms with van der Waals surface area (Å²) < 4.78 is 68.0. The van der Waals surface area contributed by atoms with E-state index in [1.165, 1.54) is 18.7 Å². The maximum Gasteiger partial charge on any atom is 0.273 e. The smallest absolute Gasteiger partial charge is 0.273 e. The number of rotatable bonds is 8. The summed E-state index contributed by atoms with van der Waals surface area (Å²) in [4.78, 5) is 34.4. The largest absolute Gasteiger partial charge is 0.351 e. The zero-order chi connectivity index (χ0) is 24.9. The number of alkyl halides is 4. The normalized spacial score (nSPS) is 17.6. The van der Waals surface area contributed by atoms with Gasteiger partial charge in [0.05, 0.1) is 0 Å². The number of halogens is 6. The van der Waals surface area contributed by atoms with Crippen molar-refractivity contribution in [2.75, 3.05) is 6.54 Å². The number of hydrogen-bond acceptors (Lipinski definition) is 4. The summed E-state index contributed by atoms with van der Waals surface area (Å²) in [5, 5.41) is 2.64. The van der Waals surface area contributed by atoms with E-state index in [0.29, 0.717) is 6.07 Å². The lowest BCUT2D eigenvalue weighted by Gasteiger charge is -2.34. The topological polar surface area (TPSA) is 75.2 Å². The third kappa shape index (κ3) is 6.85. The zero-order valence-electron chi connectivity index (χ0n) is 17.9. The third-order valence-corrected chi connectivity index (χ3v) is 5.74. The molecule has 0 bridgehead atoms. The average Bonchev–Trinajstić information content (AvgIpc) is 2.77. The molecule has 1 heterocycles.